The Bertz CT molecular complexity index is 193. The summed E-state index contributed by atoms with van der Waals surface area (Å²) in [7, 11) is 0. The minimum atomic E-state index is -0.433. The summed E-state index contributed by atoms with van der Waals surface area (Å²) in [5.41, 5.74) is 0. The van der Waals surface area contributed by atoms with E-state index in [1.165, 1.54) is 0 Å². The van der Waals surface area contributed by atoms with E-state index in [-0.39, 0.29) is 18.6 Å². The predicted molar refractivity (Wildman–Crippen MR) is 64.0 cm³/mol. The molecule has 0 rings (SSSR count). The van der Waals surface area contributed by atoms with Gasteiger partial charge in [0.1, 0.15) is 6.54 Å². The molecule has 15 heavy (non-hydrogen) atoms. The van der Waals surface area contributed by atoms with Gasteiger partial charge in [-0.1, -0.05) is 13.8 Å². The van der Waals surface area contributed by atoms with Crippen LogP contribution in [0, 0.1) is 0 Å². The predicted octanol–water partition coefficient (Wildman–Crippen LogP) is 1.40. The fraction of sp³-hybridized carbons (Fsp3) is 0.800. The third-order valence-electron chi connectivity index (χ3n) is 1.15. The summed E-state index contributed by atoms with van der Waals surface area (Å²) < 4.78 is 4.80. The largest absolute Gasteiger partial charge is 0.462 e. The Balaban J connectivity index is 0. The molecule has 0 aromatic rings. The number of carbonyl (C=O) groups is 2. The molecule has 0 aliphatic carbocycles. The number of nitrogens with one attached hydrogen (secondary N) is 1. The van der Waals surface area contributed by atoms with Gasteiger partial charge in [0, 0.05) is 0 Å². The van der Waals surface area contributed by atoms with Gasteiger partial charge in [0.05, 0.1) is 11.4 Å². The van der Waals surface area contributed by atoms with Gasteiger partial charge in [-0.3, -0.25) is 9.59 Å². The van der Waals surface area contributed by atoms with Crippen LogP contribution in [0.4, 0.5) is 0 Å². The number of rotatable bonds is 4. The second-order valence-electron chi connectivity index (χ2n) is 2.93. The monoisotopic (exact) mass is 235 g/mol. The summed E-state index contributed by atoms with van der Waals surface area (Å²) in [5.74, 6) is -0.707. The van der Waals surface area contributed by atoms with Crippen LogP contribution in [-0.2, 0) is 14.3 Å². The molecule has 1 N–H and O–H groups in total. The average molecular weight is 235 g/mol. The smallest absolute Gasteiger partial charge is 0.325 e. The van der Waals surface area contributed by atoms with Gasteiger partial charge in [0.15, 0.2) is 0 Å². The highest BCUT2D eigenvalue weighted by molar-refractivity contribution is 7.81. The first-order valence-electron chi connectivity index (χ1n) is 5.08. The van der Waals surface area contributed by atoms with Crippen LogP contribution in [0.15, 0.2) is 0 Å². The van der Waals surface area contributed by atoms with Crippen molar-refractivity contribution in [3.63, 3.8) is 0 Å². The fourth-order valence-electron chi connectivity index (χ4n) is 0.612. The number of hydrogen-bond acceptors (Lipinski definition) is 4. The van der Waals surface area contributed by atoms with Crippen molar-refractivity contribution in [2.45, 2.75) is 46.0 Å². The lowest BCUT2D eigenvalue weighted by Gasteiger charge is -2.09. The van der Waals surface area contributed by atoms with Crippen LogP contribution in [-0.4, -0.2) is 29.8 Å². The van der Waals surface area contributed by atoms with Crippen LogP contribution < -0.4 is 5.32 Å². The number of esters is 1. The van der Waals surface area contributed by atoms with Crippen LogP contribution in [0.1, 0.15) is 34.6 Å². The van der Waals surface area contributed by atoms with Crippen molar-refractivity contribution in [1.29, 1.82) is 0 Å². The molecule has 1 amide bonds. The molecule has 0 aliphatic rings. The SMILES string of the molecule is CC.CC(C)OC(=O)CNC(=O)[C@@H](C)S. The Labute approximate surface area is 97.2 Å². The van der Waals surface area contributed by atoms with Crippen molar-refractivity contribution < 1.29 is 14.3 Å². The lowest BCUT2D eigenvalue weighted by molar-refractivity contribution is -0.147. The Hall–Kier alpha value is -0.710. The number of thiol groups is 1. The Kier molecular flexibility index (Phi) is 11.0. The van der Waals surface area contributed by atoms with E-state index < -0.39 is 11.2 Å². The van der Waals surface area contributed by atoms with Crippen LogP contribution in [0.5, 0.6) is 0 Å². The standard InChI is InChI=1S/C8H15NO3S.C2H6/c1-5(2)12-7(10)4-9-8(11)6(3)13;1-2/h5-6,13H,4H2,1-3H3,(H,9,11);1-2H3/t6-;/m1./s1. The van der Waals surface area contributed by atoms with Crippen LogP contribution in [0.25, 0.3) is 0 Å². The molecule has 0 radical (unpaired) electrons. The summed E-state index contributed by atoms with van der Waals surface area (Å²) in [6.45, 7) is 9.04. The molecular formula is C10H21NO3S. The van der Waals surface area contributed by atoms with Crippen molar-refractivity contribution in [1.82, 2.24) is 5.32 Å². The topological polar surface area (TPSA) is 55.4 Å². The highest BCUT2D eigenvalue weighted by Gasteiger charge is 2.10. The molecule has 0 spiro atoms. The molecule has 0 fully saturated rings. The molecule has 1 atom stereocenters. The van der Waals surface area contributed by atoms with Gasteiger partial charge in [-0.2, -0.15) is 12.6 Å². The molecule has 4 nitrogen and oxygen atoms in total. The van der Waals surface area contributed by atoms with E-state index >= 15 is 0 Å². The quantitative estimate of drug-likeness (QED) is 0.572. The van der Waals surface area contributed by atoms with E-state index in [1.807, 2.05) is 13.8 Å². The second-order valence-corrected chi connectivity index (χ2v) is 3.71. The van der Waals surface area contributed by atoms with Gasteiger partial charge in [0.25, 0.3) is 0 Å². The third kappa shape index (κ3) is 11.2. The maximum atomic E-state index is 10.9. The molecule has 0 heterocycles. The van der Waals surface area contributed by atoms with Crippen molar-refractivity contribution in [3.05, 3.63) is 0 Å². The van der Waals surface area contributed by atoms with Gasteiger partial charge in [0.2, 0.25) is 5.91 Å². The molecular weight excluding hydrogens is 214 g/mol. The van der Waals surface area contributed by atoms with E-state index in [9.17, 15) is 9.59 Å². The lowest BCUT2D eigenvalue weighted by atomic mass is 10.4. The maximum absolute atomic E-state index is 10.9. The molecule has 5 heteroatoms. The van der Waals surface area contributed by atoms with Gasteiger partial charge < -0.3 is 10.1 Å². The van der Waals surface area contributed by atoms with Crippen LogP contribution in [0.2, 0.25) is 0 Å². The molecule has 0 aliphatic heterocycles. The van der Waals surface area contributed by atoms with Crippen LogP contribution in [0.3, 0.4) is 0 Å². The zero-order chi connectivity index (χ0) is 12.4. The number of amides is 1. The molecule has 0 saturated heterocycles. The first-order valence-corrected chi connectivity index (χ1v) is 5.60. The summed E-state index contributed by atoms with van der Waals surface area (Å²) in [6, 6.07) is 0. The molecule has 0 unspecified atom stereocenters. The summed E-state index contributed by atoms with van der Waals surface area (Å²) in [6.07, 6.45) is -0.155. The minimum Gasteiger partial charge on any atom is -0.462 e. The van der Waals surface area contributed by atoms with Gasteiger partial charge in [-0.05, 0) is 20.8 Å². The van der Waals surface area contributed by atoms with Crippen molar-refractivity contribution in [3.8, 4) is 0 Å². The molecule has 90 valence electrons. The van der Waals surface area contributed by atoms with E-state index in [4.69, 9.17) is 4.74 Å². The fourth-order valence-corrected chi connectivity index (χ4v) is 0.703. The van der Waals surface area contributed by atoms with Gasteiger partial charge in [-0.25, -0.2) is 0 Å². The normalized spacial score (nSPS) is 11.1. The molecule has 0 saturated carbocycles. The van der Waals surface area contributed by atoms with Crippen molar-refractivity contribution in [2.24, 2.45) is 0 Å². The van der Waals surface area contributed by atoms with Gasteiger partial charge in [-0.15, -0.1) is 0 Å². The lowest BCUT2D eigenvalue weighted by Crippen LogP contribution is -2.35. The zero-order valence-electron chi connectivity index (χ0n) is 10.0. The highest BCUT2D eigenvalue weighted by Crippen LogP contribution is 1.92. The molecule has 0 aromatic carbocycles. The average Bonchev–Trinajstić information content (AvgIpc) is 2.16. The summed E-state index contributed by atoms with van der Waals surface area (Å²) >= 11 is 3.90. The van der Waals surface area contributed by atoms with Crippen molar-refractivity contribution >= 4 is 24.5 Å². The first-order chi connectivity index (χ1) is 6.93. The van der Waals surface area contributed by atoms with E-state index in [2.05, 4.69) is 17.9 Å². The number of ether oxygens (including phenoxy) is 1. The third-order valence-corrected chi connectivity index (χ3v) is 1.39. The maximum Gasteiger partial charge on any atom is 0.325 e. The van der Waals surface area contributed by atoms with Crippen molar-refractivity contribution in [2.75, 3.05) is 6.54 Å². The molecule has 0 bridgehead atoms. The summed E-state index contributed by atoms with van der Waals surface area (Å²) in [4.78, 5) is 21.9. The molecule has 0 aromatic heterocycles. The Morgan fingerprint density at radius 2 is 1.73 bits per heavy atom. The van der Waals surface area contributed by atoms with E-state index in [0.29, 0.717) is 0 Å². The Morgan fingerprint density at radius 3 is 2.07 bits per heavy atom. The number of carbonyl (C=O) groups excluding carboxylic acids is 2. The first kappa shape index (κ1) is 16.7. The Morgan fingerprint density at radius 1 is 1.27 bits per heavy atom. The summed E-state index contributed by atoms with van der Waals surface area (Å²) in [5, 5.41) is 1.99. The van der Waals surface area contributed by atoms with Gasteiger partial charge >= 0.3 is 5.97 Å². The minimum absolute atomic E-state index is 0.0953. The van der Waals surface area contributed by atoms with Crippen LogP contribution >= 0.6 is 12.6 Å². The zero-order valence-corrected chi connectivity index (χ0v) is 10.9. The number of hydrogen-bond donors (Lipinski definition) is 2. The van der Waals surface area contributed by atoms with E-state index in [1.54, 1.807) is 20.8 Å². The highest BCUT2D eigenvalue weighted by atomic mass is 32.1. The second kappa shape index (κ2) is 9.83. The van der Waals surface area contributed by atoms with E-state index in [0.717, 1.165) is 0 Å².